The molecule has 0 aliphatic heterocycles. The standard InChI is InChI=1S/C23H40.4CH3.Hf/c1-3-17-11-7-13-19-21(15-16-9-5-6-10-16)20-14-8-12-18(4-2)23(20)22(17)19;;;;;/h16-23H,3-15H2,1-2H3;4*1H3;/q;4*-1;+4. The first kappa shape index (κ1) is 31.1. The quantitative estimate of drug-likeness (QED) is 0.240. The van der Waals surface area contributed by atoms with Crippen LogP contribution in [-0.4, -0.2) is 0 Å². The maximum absolute atomic E-state index is 2.50. The van der Waals surface area contributed by atoms with E-state index in [1.807, 2.05) is 0 Å². The smallest absolute Gasteiger partial charge is 0.358 e. The van der Waals surface area contributed by atoms with Crippen LogP contribution in [-0.2, 0) is 25.8 Å². The van der Waals surface area contributed by atoms with E-state index in [1.165, 1.54) is 25.7 Å². The molecule has 0 bridgehead atoms. The summed E-state index contributed by atoms with van der Waals surface area (Å²) in [5, 5.41) is 0. The van der Waals surface area contributed by atoms with Crippen molar-refractivity contribution in [3.05, 3.63) is 29.7 Å². The number of rotatable bonds is 4. The molecule has 0 radical (unpaired) electrons. The Morgan fingerprint density at radius 2 is 1.00 bits per heavy atom. The summed E-state index contributed by atoms with van der Waals surface area (Å²) in [4.78, 5) is 0. The van der Waals surface area contributed by atoms with E-state index in [4.69, 9.17) is 0 Å². The predicted molar refractivity (Wildman–Crippen MR) is 125 cm³/mol. The molecule has 164 valence electrons. The van der Waals surface area contributed by atoms with Crippen LogP contribution in [0.5, 0.6) is 0 Å². The first-order chi connectivity index (χ1) is 11.3. The van der Waals surface area contributed by atoms with Gasteiger partial charge in [0.2, 0.25) is 0 Å². The molecule has 0 saturated heterocycles. The topological polar surface area (TPSA) is 0 Å². The zero-order chi connectivity index (χ0) is 15.8. The van der Waals surface area contributed by atoms with Gasteiger partial charge in [0, 0.05) is 0 Å². The summed E-state index contributed by atoms with van der Waals surface area (Å²) in [7, 11) is 0. The van der Waals surface area contributed by atoms with E-state index in [2.05, 4.69) is 13.8 Å². The monoisotopic (exact) mass is 556 g/mol. The van der Waals surface area contributed by atoms with Crippen molar-refractivity contribution in [2.75, 3.05) is 0 Å². The molecule has 4 aliphatic rings. The van der Waals surface area contributed by atoms with Gasteiger partial charge in [0.15, 0.2) is 0 Å². The third-order valence-corrected chi connectivity index (χ3v) is 8.98. The van der Waals surface area contributed by atoms with Gasteiger partial charge in [0.1, 0.15) is 0 Å². The number of hydrogen-bond donors (Lipinski definition) is 0. The van der Waals surface area contributed by atoms with Crippen molar-refractivity contribution in [1.82, 2.24) is 0 Å². The van der Waals surface area contributed by atoms with Gasteiger partial charge in [-0.1, -0.05) is 78.1 Å². The molecule has 0 amide bonds. The molecule has 0 heterocycles. The summed E-state index contributed by atoms with van der Waals surface area (Å²) in [5.41, 5.74) is 0. The molecule has 1 heteroatoms. The van der Waals surface area contributed by atoms with Crippen LogP contribution in [0.2, 0.25) is 0 Å². The molecule has 4 saturated carbocycles. The van der Waals surface area contributed by atoms with Crippen molar-refractivity contribution in [3.63, 3.8) is 0 Å². The molecule has 4 fully saturated rings. The Bertz CT molecular complexity index is 358. The van der Waals surface area contributed by atoms with Crippen molar-refractivity contribution < 1.29 is 25.8 Å². The fourth-order valence-electron chi connectivity index (χ4n) is 8.15. The van der Waals surface area contributed by atoms with Crippen molar-refractivity contribution in [1.29, 1.82) is 0 Å². The Kier molecular flexibility index (Phi) is 15.6. The van der Waals surface area contributed by atoms with Gasteiger partial charge in [-0.2, -0.15) is 0 Å². The number of fused-ring (bicyclic) bond motifs is 3. The zero-order valence-electron chi connectivity index (χ0n) is 20.3. The van der Waals surface area contributed by atoms with Crippen LogP contribution in [0.3, 0.4) is 0 Å². The van der Waals surface area contributed by atoms with Gasteiger partial charge in [0.05, 0.1) is 0 Å². The molecular formula is C27H52Hf. The largest absolute Gasteiger partial charge is 4.00 e. The average Bonchev–Trinajstić information content (AvgIpc) is 3.22. The van der Waals surface area contributed by atoms with Crippen molar-refractivity contribution in [3.8, 4) is 0 Å². The van der Waals surface area contributed by atoms with Gasteiger partial charge in [-0.25, -0.2) is 0 Å². The van der Waals surface area contributed by atoms with Crippen molar-refractivity contribution in [2.24, 2.45) is 47.3 Å². The van der Waals surface area contributed by atoms with E-state index < -0.39 is 0 Å². The van der Waals surface area contributed by atoms with Gasteiger partial charge in [-0.05, 0) is 66.6 Å². The fourth-order valence-corrected chi connectivity index (χ4v) is 8.15. The van der Waals surface area contributed by atoms with Crippen LogP contribution < -0.4 is 0 Å². The van der Waals surface area contributed by atoms with E-state index in [9.17, 15) is 0 Å². The van der Waals surface area contributed by atoms with Gasteiger partial charge in [-0.3, -0.25) is 0 Å². The van der Waals surface area contributed by atoms with Crippen molar-refractivity contribution >= 4 is 0 Å². The Labute approximate surface area is 199 Å². The summed E-state index contributed by atoms with van der Waals surface area (Å²) >= 11 is 0. The molecule has 0 spiro atoms. The Hall–Kier alpha value is 0.870. The molecule has 0 aromatic heterocycles. The summed E-state index contributed by atoms with van der Waals surface area (Å²) < 4.78 is 0. The fraction of sp³-hybridized carbons (Fsp3) is 0.852. The second-order valence-corrected chi connectivity index (χ2v) is 9.73. The van der Waals surface area contributed by atoms with Gasteiger partial charge in [-0.15, -0.1) is 0 Å². The van der Waals surface area contributed by atoms with E-state index in [1.54, 1.807) is 57.8 Å². The minimum atomic E-state index is 0. The molecule has 6 atom stereocenters. The minimum Gasteiger partial charge on any atom is -0.358 e. The molecule has 0 N–H and O–H groups in total. The molecule has 0 nitrogen and oxygen atoms in total. The van der Waals surface area contributed by atoms with Gasteiger partial charge >= 0.3 is 25.8 Å². The van der Waals surface area contributed by atoms with E-state index >= 15 is 0 Å². The second kappa shape index (κ2) is 14.0. The Morgan fingerprint density at radius 1 is 0.571 bits per heavy atom. The normalized spacial score (nSPS) is 39.0. The summed E-state index contributed by atoms with van der Waals surface area (Å²) in [5.74, 6) is 8.96. The van der Waals surface area contributed by atoms with Crippen LogP contribution in [0.25, 0.3) is 0 Å². The predicted octanol–water partition coefficient (Wildman–Crippen LogP) is 8.88. The molecule has 4 aliphatic carbocycles. The van der Waals surface area contributed by atoms with Gasteiger partial charge in [0.25, 0.3) is 0 Å². The molecule has 0 aromatic rings. The third kappa shape index (κ3) is 5.76. The molecule has 6 unspecified atom stereocenters. The SMILES string of the molecule is CCC1CCCC2C(CC3CCCC3)C3CCCC(CC)C3C12.[CH3-].[CH3-].[CH3-].[CH3-].[Hf+4]. The van der Waals surface area contributed by atoms with Crippen LogP contribution in [0, 0.1) is 77.0 Å². The van der Waals surface area contributed by atoms with Crippen molar-refractivity contribution in [2.45, 2.75) is 97.3 Å². The van der Waals surface area contributed by atoms with E-state index in [0.717, 1.165) is 47.3 Å². The zero-order valence-corrected chi connectivity index (χ0v) is 23.9. The summed E-state index contributed by atoms with van der Waals surface area (Å²) in [6.45, 7) is 4.99. The van der Waals surface area contributed by atoms with E-state index in [-0.39, 0.29) is 55.5 Å². The Morgan fingerprint density at radius 3 is 1.39 bits per heavy atom. The van der Waals surface area contributed by atoms with Crippen LogP contribution >= 0.6 is 0 Å². The molecule has 0 aromatic carbocycles. The molecule has 4 rings (SSSR count). The average molecular weight is 555 g/mol. The minimum absolute atomic E-state index is 0. The molecular weight excluding hydrogens is 503 g/mol. The summed E-state index contributed by atoms with van der Waals surface area (Å²) in [6.07, 6.45) is 20.2. The third-order valence-electron chi connectivity index (χ3n) is 8.98. The van der Waals surface area contributed by atoms with Gasteiger partial charge < -0.3 is 29.7 Å². The summed E-state index contributed by atoms with van der Waals surface area (Å²) in [6, 6.07) is 0. The first-order valence-electron chi connectivity index (χ1n) is 11.3. The maximum atomic E-state index is 2.50. The number of hydrogen-bond acceptors (Lipinski definition) is 0. The van der Waals surface area contributed by atoms with Crippen LogP contribution in [0.15, 0.2) is 0 Å². The second-order valence-electron chi connectivity index (χ2n) is 9.73. The molecule has 28 heavy (non-hydrogen) atoms. The maximum Gasteiger partial charge on any atom is 4.00 e. The van der Waals surface area contributed by atoms with E-state index in [0.29, 0.717) is 0 Å². The van der Waals surface area contributed by atoms with Crippen LogP contribution in [0.4, 0.5) is 0 Å². The van der Waals surface area contributed by atoms with Crippen LogP contribution in [0.1, 0.15) is 97.3 Å². The Balaban J connectivity index is 0. The first-order valence-corrected chi connectivity index (χ1v) is 11.3.